The Bertz CT molecular complexity index is 1390. The molecule has 1 amide bonds. The van der Waals surface area contributed by atoms with Crippen molar-refractivity contribution in [2.24, 2.45) is 11.8 Å². The maximum Gasteiger partial charge on any atom is 0.252 e. The summed E-state index contributed by atoms with van der Waals surface area (Å²) >= 11 is 1.68. The molecule has 39 heavy (non-hydrogen) atoms. The first kappa shape index (κ1) is 25.0. The highest BCUT2D eigenvalue weighted by Gasteiger charge is 2.35. The zero-order chi connectivity index (χ0) is 26.5. The normalized spacial score (nSPS) is 22.6. The molecule has 7 rings (SSSR count). The van der Waals surface area contributed by atoms with E-state index < -0.39 is 0 Å². The van der Waals surface area contributed by atoms with Gasteiger partial charge in [0.05, 0.1) is 23.9 Å². The first-order chi connectivity index (χ1) is 19.0. The molecule has 206 valence electrons. The molecule has 1 unspecified atom stereocenters. The molecule has 2 atom stereocenters. The Balaban J connectivity index is 1.15. The van der Waals surface area contributed by atoms with E-state index in [1.54, 1.807) is 17.7 Å². The summed E-state index contributed by atoms with van der Waals surface area (Å²) in [6.07, 6.45) is 9.97. The molecular weight excluding hydrogens is 514 g/mol. The summed E-state index contributed by atoms with van der Waals surface area (Å²) in [6, 6.07) is 2.34. The number of hydrogen-bond donors (Lipinski definition) is 2. The van der Waals surface area contributed by atoms with Crippen molar-refractivity contribution in [3.63, 3.8) is 0 Å². The van der Waals surface area contributed by atoms with Crippen molar-refractivity contribution in [2.75, 3.05) is 25.1 Å². The zero-order valence-electron chi connectivity index (χ0n) is 22.3. The number of hydrogen-bond acceptors (Lipinski definition) is 8. The molecule has 3 fully saturated rings. The predicted molar refractivity (Wildman–Crippen MR) is 147 cm³/mol. The number of rotatable bonds is 10. The fourth-order valence-corrected chi connectivity index (χ4v) is 7.28. The average molecular weight is 550 g/mol. The summed E-state index contributed by atoms with van der Waals surface area (Å²) in [5.74, 6) is 2.61. The molecule has 1 aliphatic heterocycles. The van der Waals surface area contributed by atoms with Gasteiger partial charge in [-0.1, -0.05) is 0 Å². The molecule has 0 radical (unpaired) electrons. The largest absolute Gasteiger partial charge is 0.379 e. The molecule has 2 saturated carbocycles. The van der Waals surface area contributed by atoms with Gasteiger partial charge in [-0.2, -0.15) is 5.10 Å². The van der Waals surface area contributed by atoms with E-state index in [4.69, 9.17) is 9.84 Å². The highest BCUT2D eigenvalue weighted by atomic mass is 32.1. The minimum absolute atomic E-state index is 0.0149. The van der Waals surface area contributed by atoms with Gasteiger partial charge in [0.2, 0.25) is 5.95 Å². The van der Waals surface area contributed by atoms with Crippen LogP contribution in [-0.2, 0) is 28.8 Å². The van der Waals surface area contributed by atoms with E-state index in [0.717, 1.165) is 79.2 Å². The number of aromatic nitrogens is 5. The van der Waals surface area contributed by atoms with Crippen molar-refractivity contribution in [1.82, 2.24) is 29.9 Å². The molecule has 0 spiro atoms. The Labute approximate surface area is 231 Å². The highest BCUT2D eigenvalue weighted by molar-refractivity contribution is 7.12. The lowest BCUT2D eigenvalue weighted by atomic mass is 9.90. The third-order valence-electron chi connectivity index (χ3n) is 8.47. The number of ketones is 1. The number of anilines is 2. The first-order valence-electron chi connectivity index (χ1n) is 14.3. The van der Waals surface area contributed by atoms with E-state index in [-0.39, 0.29) is 29.7 Å². The van der Waals surface area contributed by atoms with Gasteiger partial charge in [0.25, 0.3) is 5.91 Å². The number of nitrogens with zero attached hydrogens (tertiary/aromatic N) is 5. The highest BCUT2D eigenvalue weighted by Crippen LogP contribution is 2.41. The second kappa shape index (κ2) is 10.2. The molecule has 0 aromatic carbocycles. The zero-order valence-corrected chi connectivity index (χ0v) is 23.1. The Hall–Kier alpha value is -3.05. The van der Waals surface area contributed by atoms with Crippen LogP contribution < -0.4 is 10.6 Å². The minimum atomic E-state index is -0.0149. The third kappa shape index (κ3) is 5.14. The van der Waals surface area contributed by atoms with Gasteiger partial charge in [0.1, 0.15) is 17.9 Å². The molecule has 3 aromatic rings. The number of carbonyl (C=O) groups excluding carboxylic acids is 2. The van der Waals surface area contributed by atoms with E-state index in [0.29, 0.717) is 24.9 Å². The van der Waals surface area contributed by atoms with Crippen LogP contribution in [0.2, 0.25) is 0 Å². The van der Waals surface area contributed by atoms with Gasteiger partial charge in [0, 0.05) is 47.4 Å². The molecule has 10 nitrogen and oxygen atoms in total. The van der Waals surface area contributed by atoms with Crippen LogP contribution in [-0.4, -0.2) is 56.0 Å². The molecule has 3 aliphatic carbocycles. The molecular formula is C28H35N7O3S. The van der Waals surface area contributed by atoms with Crippen LogP contribution in [0.4, 0.5) is 11.8 Å². The number of amides is 1. The van der Waals surface area contributed by atoms with Gasteiger partial charge < -0.3 is 15.4 Å². The Morgan fingerprint density at radius 3 is 2.79 bits per heavy atom. The van der Waals surface area contributed by atoms with E-state index in [2.05, 4.69) is 25.4 Å². The SMILES string of the molecule is Cc1cc(Nc2nncn2[C@H]2CCc3sc(CC(=O)C4CC4)c(C(=O)NCC4CC4)c3C2)n(C2CCOC2)n1. The Morgan fingerprint density at radius 1 is 1.15 bits per heavy atom. The van der Waals surface area contributed by atoms with Gasteiger partial charge in [-0.15, -0.1) is 21.5 Å². The Morgan fingerprint density at radius 2 is 2.03 bits per heavy atom. The molecule has 1 saturated heterocycles. The Kier molecular flexibility index (Phi) is 6.50. The number of thiophene rings is 1. The molecule has 3 aromatic heterocycles. The van der Waals surface area contributed by atoms with Crippen LogP contribution in [0, 0.1) is 18.8 Å². The number of carbonyl (C=O) groups is 2. The quantitative estimate of drug-likeness (QED) is 0.394. The van der Waals surface area contributed by atoms with Crippen LogP contribution in [0.1, 0.15) is 82.0 Å². The van der Waals surface area contributed by atoms with Crippen molar-refractivity contribution in [3.05, 3.63) is 39.0 Å². The lowest BCUT2D eigenvalue weighted by Crippen LogP contribution is -2.28. The summed E-state index contributed by atoms with van der Waals surface area (Å²) in [7, 11) is 0. The second-order valence-corrected chi connectivity index (χ2v) is 12.8. The number of fused-ring (bicyclic) bond motifs is 1. The predicted octanol–water partition coefficient (Wildman–Crippen LogP) is 3.94. The number of nitrogens with one attached hydrogen (secondary N) is 2. The third-order valence-corrected chi connectivity index (χ3v) is 9.76. The number of Topliss-reactive ketones (excluding diaryl/α,β-unsaturated/α-hetero) is 1. The summed E-state index contributed by atoms with van der Waals surface area (Å²) in [4.78, 5) is 28.4. The van der Waals surface area contributed by atoms with E-state index in [1.807, 2.05) is 17.7 Å². The smallest absolute Gasteiger partial charge is 0.252 e. The van der Waals surface area contributed by atoms with Crippen LogP contribution in [0.25, 0.3) is 0 Å². The topological polar surface area (TPSA) is 116 Å². The maximum atomic E-state index is 13.5. The van der Waals surface area contributed by atoms with Gasteiger partial charge in [-0.3, -0.25) is 14.2 Å². The van der Waals surface area contributed by atoms with Crippen LogP contribution in [0.5, 0.6) is 0 Å². The number of aryl methyl sites for hydroxylation is 2. The molecule has 0 bridgehead atoms. The second-order valence-electron chi connectivity index (χ2n) is 11.6. The van der Waals surface area contributed by atoms with Gasteiger partial charge in [-0.05, 0) is 69.8 Å². The first-order valence-corrected chi connectivity index (χ1v) is 15.1. The molecule has 11 heteroatoms. The van der Waals surface area contributed by atoms with Crippen molar-refractivity contribution in [1.29, 1.82) is 0 Å². The number of ether oxygens (including phenoxy) is 1. The summed E-state index contributed by atoms with van der Waals surface area (Å²) in [5.41, 5.74) is 2.80. The van der Waals surface area contributed by atoms with Gasteiger partial charge in [-0.25, -0.2) is 4.68 Å². The fraction of sp³-hybridized carbons (Fsp3) is 0.607. The lowest BCUT2D eigenvalue weighted by molar-refractivity contribution is -0.119. The standard InChI is InChI=1S/C28H35N7O3S/c1-16-10-25(35(33-16)20-8-9-38-14-20)31-28-32-30-15-34(28)19-6-7-23-21(11-19)26(27(37)29-13-17-2-3-17)24(39-23)12-22(36)18-4-5-18/h10,15,17-20H,2-9,11-14H2,1H3,(H,29,37)(H,31,32)/t19-,20?/m0/s1. The van der Waals surface area contributed by atoms with E-state index in [1.165, 1.54) is 17.7 Å². The molecule has 4 heterocycles. The molecule has 4 aliphatic rings. The monoisotopic (exact) mass is 549 g/mol. The summed E-state index contributed by atoms with van der Waals surface area (Å²) in [5, 5.41) is 20.0. The lowest BCUT2D eigenvalue weighted by Gasteiger charge is -2.25. The van der Waals surface area contributed by atoms with E-state index in [9.17, 15) is 9.59 Å². The molecule has 2 N–H and O–H groups in total. The van der Waals surface area contributed by atoms with Crippen LogP contribution in [0.3, 0.4) is 0 Å². The van der Waals surface area contributed by atoms with Crippen LogP contribution in [0.15, 0.2) is 12.4 Å². The van der Waals surface area contributed by atoms with Crippen molar-refractivity contribution >= 4 is 34.8 Å². The van der Waals surface area contributed by atoms with E-state index >= 15 is 0 Å². The maximum absolute atomic E-state index is 13.5. The summed E-state index contributed by atoms with van der Waals surface area (Å²) in [6.45, 7) is 4.11. The average Bonchev–Trinajstić information content (AvgIpc) is 3.75. The van der Waals surface area contributed by atoms with Gasteiger partial charge in [0.15, 0.2) is 0 Å². The summed E-state index contributed by atoms with van der Waals surface area (Å²) < 4.78 is 9.70. The van der Waals surface area contributed by atoms with Crippen molar-refractivity contribution in [3.8, 4) is 0 Å². The van der Waals surface area contributed by atoms with Crippen molar-refractivity contribution < 1.29 is 14.3 Å². The minimum Gasteiger partial charge on any atom is -0.379 e. The van der Waals surface area contributed by atoms with Crippen molar-refractivity contribution in [2.45, 2.75) is 76.8 Å². The fourth-order valence-electron chi connectivity index (χ4n) is 5.92. The van der Waals surface area contributed by atoms with Gasteiger partial charge >= 0.3 is 0 Å². The van der Waals surface area contributed by atoms with Crippen LogP contribution >= 0.6 is 11.3 Å².